The molecule has 0 saturated carbocycles. The predicted octanol–water partition coefficient (Wildman–Crippen LogP) is 5.56. The number of benzene rings is 2. The summed E-state index contributed by atoms with van der Waals surface area (Å²) in [6, 6.07) is 9.60. The largest absolute Gasteiger partial charge is 0.487 e. The highest BCUT2D eigenvalue weighted by Crippen LogP contribution is 2.44. The fourth-order valence-corrected chi connectivity index (χ4v) is 4.13. The maximum atomic E-state index is 11.6. The summed E-state index contributed by atoms with van der Waals surface area (Å²) in [6.07, 6.45) is 1.05. The van der Waals surface area contributed by atoms with Crippen LogP contribution < -0.4 is 9.47 Å². The van der Waals surface area contributed by atoms with Crippen molar-refractivity contribution >= 4 is 28.5 Å². The van der Waals surface area contributed by atoms with Crippen molar-refractivity contribution in [1.29, 1.82) is 0 Å². The molecule has 0 saturated heterocycles. The topological polar surface area (TPSA) is 68.7 Å². The van der Waals surface area contributed by atoms with Gasteiger partial charge in [-0.05, 0) is 69.0 Å². The molecule has 1 aromatic heterocycles. The van der Waals surface area contributed by atoms with Gasteiger partial charge in [0.25, 0.3) is 0 Å². The number of nitrogens with zero attached hydrogens (tertiary/aromatic N) is 1. The zero-order valence-corrected chi connectivity index (χ0v) is 18.3. The van der Waals surface area contributed by atoms with Crippen molar-refractivity contribution in [3.63, 3.8) is 0 Å². The molecule has 1 atom stereocenters. The van der Waals surface area contributed by atoms with Crippen molar-refractivity contribution in [3.05, 3.63) is 63.3 Å². The number of hydrogen-bond donors (Lipinski definition) is 1. The second-order valence-corrected chi connectivity index (χ2v) is 8.51. The Morgan fingerprint density at radius 1 is 1.20 bits per heavy atom. The molecule has 3 aromatic rings. The molecule has 1 N–H and O–H groups in total. The quantitative estimate of drug-likeness (QED) is 0.592. The highest BCUT2D eigenvalue weighted by Gasteiger charge is 2.40. The third kappa shape index (κ3) is 3.47. The van der Waals surface area contributed by atoms with Gasteiger partial charge in [-0.1, -0.05) is 23.7 Å². The molecule has 0 aliphatic carbocycles. The second kappa shape index (κ2) is 7.47. The molecular weight excluding hydrogens is 402 g/mol. The van der Waals surface area contributed by atoms with E-state index in [1.54, 1.807) is 6.92 Å². The van der Waals surface area contributed by atoms with Gasteiger partial charge in [-0.25, -0.2) is 9.78 Å². The normalized spacial score (nSPS) is 18.0. The molecule has 0 spiro atoms. The molecule has 0 amide bonds. The van der Waals surface area contributed by atoms with Crippen LogP contribution in [0.1, 0.15) is 41.3 Å². The van der Waals surface area contributed by atoms with E-state index in [2.05, 4.69) is 4.98 Å². The predicted molar refractivity (Wildman–Crippen MR) is 117 cm³/mol. The maximum absolute atomic E-state index is 11.6. The Morgan fingerprint density at radius 3 is 2.67 bits per heavy atom. The summed E-state index contributed by atoms with van der Waals surface area (Å²) in [5.41, 5.74) is 4.32. The molecule has 0 bridgehead atoms. The van der Waals surface area contributed by atoms with Gasteiger partial charge in [-0.2, -0.15) is 0 Å². The Bertz CT molecular complexity index is 1170. The zero-order chi connectivity index (χ0) is 21.6. The Hall–Kier alpha value is -2.79. The minimum atomic E-state index is -1.20. The second-order valence-electron chi connectivity index (χ2n) is 8.08. The van der Waals surface area contributed by atoms with Crippen LogP contribution in [0.3, 0.4) is 0 Å². The minimum Gasteiger partial charge on any atom is -0.487 e. The lowest BCUT2D eigenvalue weighted by molar-refractivity contribution is -0.155. The van der Waals surface area contributed by atoms with E-state index >= 15 is 0 Å². The van der Waals surface area contributed by atoms with Gasteiger partial charge in [0.2, 0.25) is 5.60 Å². The van der Waals surface area contributed by atoms with E-state index in [0.29, 0.717) is 30.2 Å². The molecule has 0 radical (unpaired) electrons. The first-order valence-electron chi connectivity index (χ1n) is 9.92. The zero-order valence-electron chi connectivity index (χ0n) is 17.5. The first-order chi connectivity index (χ1) is 14.2. The Labute approximate surface area is 180 Å². The molecule has 156 valence electrons. The number of aliphatic carboxylic acids is 1. The van der Waals surface area contributed by atoms with Crippen LogP contribution in [0.25, 0.3) is 10.9 Å². The van der Waals surface area contributed by atoms with Gasteiger partial charge < -0.3 is 14.6 Å². The van der Waals surface area contributed by atoms with E-state index in [1.165, 1.54) is 0 Å². The number of pyridine rings is 1. The number of fused-ring (bicyclic) bond motifs is 2. The third-order valence-electron chi connectivity index (χ3n) is 6.02. The minimum absolute atomic E-state index is 0.329. The highest BCUT2D eigenvalue weighted by atomic mass is 35.5. The summed E-state index contributed by atoms with van der Waals surface area (Å²) in [4.78, 5) is 16.3. The van der Waals surface area contributed by atoms with Crippen molar-refractivity contribution in [2.75, 3.05) is 0 Å². The van der Waals surface area contributed by atoms with Crippen LogP contribution in [0.2, 0.25) is 5.02 Å². The molecule has 30 heavy (non-hydrogen) atoms. The van der Waals surface area contributed by atoms with Crippen LogP contribution in [-0.2, 0) is 17.8 Å². The van der Waals surface area contributed by atoms with E-state index in [1.807, 2.05) is 51.1 Å². The Morgan fingerprint density at radius 2 is 1.93 bits per heavy atom. The molecule has 6 heteroatoms. The number of hydrogen-bond acceptors (Lipinski definition) is 4. The third-order valence-corrected chi connectivity index (χ3v) is 6.25. The maximum Gasteiger partial charge on any atom is 0.347 e. The van der Waals surface area contributed by atoms with Gasteiger partial charge in [-0.15, -0.1) is 0 Å². The summed E-state index contributed by atoms with van der Waals surface area (Å²) in [5.74, 6) is 0.541. The summed E-state index contributed by atoms with van der Waals surface area (Å²) in [6.45, 7) is 7.88. The van der Waals surface area contributed by atoms with Gasteiger partial charge in [0.1, 0.15) is 18.1 Å². The average Bonchev–Trinajstić information content (AvgIpc) is 2.71. The van der Waals surface area contributed by atoms with Crippen molar-refractivity contribution in [2.45, 2.75) is 52.7 Å². The molecule has 1 aliphatic rings. The molecule has 0 fully saturated rings. The molecular formula is C24H24ClNO4. The van der Waals surface area contributed by atoms with E-state index in [9.17, 15) is 9.90 Å². The molecule has 2 heterocycles. The number of rotatable bonds is 4. The summed E-state index contributed by atoms with van der Waals surface area (Å²) < 4.78 is 12.2. The number of carboxylic acid groups (broad SMARTS) is 1. The first kappa shape index (κ1) is 20.5. The number of carbonyl (C=O) groups is 1. The van der Waals surface area contributed by atoms with Crippen LogP contribution in [0.4, 0.5) is 0 Å². The van der Waals surface area contributed by atoms with Gasteiger partial charge in [0.15, 0.2) is 0 Å². The summed E-state index contributed by atoms with van der Waals surface area (Å²) >= 11 is 6.09. The standard InChI is InChI=1S/C24H24ClNO4/c1-13-14(2)22-19(9-10-24(4,30-22)23(27)28)15(3)21(13)29-12-18-8-6-16-5-7-17(25)11-20(16)26-18/h5-8,11H,9-10,12H2,1-4H3,(H,27,28). The molecule has 1 aliphatic heterocycles. The Kier molecular flexibility index (Phi) is 5.10. The summed E-state index contributed by atoms with van der Waals surface area (Å²) in [5, 5.41) is 11.2. The van der Waals surface area contributed by atoms with Gasteiger partial charge >= 0.3 is 5.97 Å². The van der Waals surface area contributed by atoms with E-state index in [-0.39, 0.29) is 0 Å². The smallest absolute Gasteiger partial charge is 0.347 e. The lowest BCUT2D eigenvalue weighted by atomic mass is 9.87. The van der Waals surface area contributed by atoms with Crippen molar-refractivity contribution in [3.8, 4) is 11.5 Å². The van der Waals surface area contributed by atoms with Crippen LogP contribution in [-0.4, -0.2) is 21.7 Å². The average molecular weight is 426 g/mol. The number of aromatic nitrogens is 1. The van der Waals surface area contributed by atoms with Gasteiger partial charge in [0, 0.05) is 22.4 Å². The van der Waals surface area contributed by atoms with Gasteiger partial charge in [-0.3, -0.25) is 0 Å². The molecule has 2 aromatic carbocycles. The first-order valence-corrected chi connectivity index (χ1v) is 10.3. The van der Waals surface area contributed by atoms with Crippen LogP contribution in [0, 0.1) is 20.8 Å². The van der Waals surface area contributed by atoms with Gasteiger partial charge in [0.05, 0.1) is 11.2 Å². The highest BCUT2D eigenvalue weighted by molar-refractivity contribution is 6.31. The lowest BCUT2D eigenvalue weighted by Gasteiger charge is -2.35. The monoisotopic (exact) mass is 425 g/mol. The van der Waals surface area contributed by atoms with E-state index in [0.717, 1.165) is 44.6 Å². The van der Waals surface area contributed by atoms with Crippen molar-refractivity contribution in [2.24, 2.45) is 0 Å². The van der Waals surface area contributed by atoms with E-state index < -0.39 is 11.6 Å². The fourth-order valence-electron chi connectivity index (χ4n) is 3.96. The number of ether oxygens (including phenoxy) is 2. The number of halogens is 1. The SMILES string of the molecule is Cc1c(C)c2c(c(C)c1OCc1ccc3ccc(Cl)cc3n1)CCC(C)(C(=O)O)O2. The Balaban J connectivity index is 1.64. The molecule has 1 unspecified atom stereocenters. The fraction of sp³-hybridized carbons (Fsp3) is 0.333. The van der Waals surface area contributed by atoms with E-state index in [4.69, 9.17) is 21.1 Å². The lowest BCUT2D eigenvalue weighted by Crippen LogP contribution is -2.44. The van der Waals surface area contributed by atoms with Crippen LogP contribution in [0.5, 0.6) is 11.5 Å². The van der Waals surface area contributed by atoms with Crippen LogP contribution in [0.15, 0.2) is 30.3 Å². The number of carboxylic acids is 1. The molecule has 4 rings (SSSR count). The van der Waals surface area contributed by atoms with Crippen LogP contribution >= 0.6 is 11.6 Å². The summed E-state index contributed by atoms with van der Waals surface area (Å²) in [7, 11) is 0. The molecule has 5 nitrogen and oxygen atoms in total. The van der Waals surface area contributed by atoms with Crippen molar-refractivity contribution < 1.29 is 19.4 Å². The van der Waals surface area contributed by atoms with Crippen molar-refractivity contribution in [1.82, 2.24) is 4.98 Å².